The van der Waals surface area contributed by atoms with Crippen LogP contribution >= 0.6 is 39.1 Å². The standard InChI is InChI=1S/C24H27BrCl2N2O3/c1-16(24(31)28-20-8-3-2-4-9-20)29(14-17-6-5-7-19(26)12-17)23(30)15-32-22-11-10-18(25)13-21(22)27/h5-7,10-13,16,20H,2-4,8-9,14-15H2,1H3,(H,28,31)/t16-/m0/s1. The maximum atomic E-state index is 13.2. The molecule has 3 rings (SSSR count). The number of carbonyl (C=O) groups excluding carboxylic acids is 2. The summed E-state index contributed by atoms with van der Waals surface area (Å²) >= 11 is 15.7. The number of ether oxygens (including phenoxy) is 1. The molecule has 0 bridgehead atoms. The number of nitrogens with one attached hydrogen (secondary N) is 1. The quantitative estimate of drug-likeness (QED) is 0.445. The van der Waals surface area contributed by atoms with Crippen molar-refractivity contribution in [1.29, 1.82) is 0 Å². The van der Waals surface area contributed by atoms with Gasteiger partial charge in [-0.2, -0.15) is 0 Å². The molecule has 1 N–H and O–H groups in total. The molecule has 0 aromatic heterocycles. The summed E-state index contributed by atoms with van der Waals surface area (Å²) < 4.78 is 6.49. The van der Waals surface area contributed by atoms with E-state index in [1.54, 1.807) is 37.3 Å². The number of nitrogens with zero attached hydrogens (tertiary/aromatic N) is 1. The average molecular weight is 542 g/mol. The fourth-order valence-electron chi connectivity index (χ4n) is 3.80. The molecule has 8 heteroatoms. The van der Waals surface area contributed by atoms with Crippen LogP contribution in [0, 0.1) is 0 Å². The van der Waals surface area contributed by atoms with Crippen LogP contribution in [0.15, 0.2) is 46.9 Å². The van der Waals surface area contributed by atoms with E-state index in [-0.39, 0.29) is 31.0 Å². The molecule has 0 spiro atoms. The van der Waals surface area contributed by atoms with Gasteiger partial charge in [0.15, 0.2) is 6.61 Å². The Morgan fingerprint density at radius 2 is 1.91 bits per heavy atom. The predicted octanol–water partition coefficient (Wildman–Crippen LogP) is 6.00. The van der Waals surface area contributed by atoms with E-state index in [1.807, 2.05) is 12.1 Å². The van der Waals surface area contributed by atoms with Gasteiger partial charge >= 0.3 is 0 Å². The van der Waals surface area contributed by atoms with Crippen molar-refractivity contribution < 1.29 is 14.3 Å². The van der Waals surface area contributed by atoms with Crippen molar-refractivity contribution in [3.8, 4) is 5.75 Å². The zero-order valence-electron chi connectivity index (χ0n) is 18.0. The summed E-state index contributed by atoms with van der Waals surface area (Å²) in [5, 5.41) is 4.09. The van der Waals surface area contributed by atoms with Gasteiger partial charge in [-0.15, -0.1) is 0 Å². The third-order valence-electron chi connectivity index (χ3n) is 5.61. The Morgan fingerprint density at radius 3 is 2.59 bits per heavy atom. The molecule has 0 unspecified atom stereocenters. The van der Waals surface area contributed by atoms with Crippen molar-refractivity contribution in [2.75, 3.05) is 6.61 Å². The lowest BCUT2D eigenvalue weighted by atomic mass is 9.95. The van der Waals surface area contributed by atoms with Crippen LogP contribution in [0.1, 0.15) is 44.6 Å². The Morgan fingerprint density at radius 1 is 1.16 bits per heavy atom. The maximum absolute atomic E-state index is 13.2. The molecule has 1 aliphatic carbocycles. The second-order valence-corrected chi connectivity index (χ2v) is 9.79. The highest BCUT2D eigenvalue weighted by atomic mass is 79.9. The van der Waals surface area contributed by atoms with Crippen LogP contribution in [-0.4, -0.2) is 35.4 Å². The Bertz CT molecular complexity index is 951. The van der Waals surface area contributed by atoms with Gasteiger partial charge in [-0.3, -0.25) is 9.59 Å². The maximum Gasteiger partial charge on any atom is 0.261 e. The Labute approximate surface area is 207 Å². The van der Waals surface area contributed by atoms with Crippen molar-refractivity contribution in [2.45, 2.75) is 57.7 Å². The molecule has 0 heterocycles. The van der Waals surface area contributed by atoms with Gasteiger partial charge in [-0.05, 0) is 55.7 Å². The SMILES string of the molecule is C[C@@H](C(=O)NC1CCCCC1)N(Cc1cccc(Cl)c1)C(=O)COc1ccc(Br)cc1Cl. The second kappa shape index (κ2) is 11.9. The second-order valence-electron chi connectivity index (χ2n) is 8.03. The number of hydrogen-bond donors (Lipinski definition) is 1. The molecule has 2 aromatic rings. The lowest BCUT2D eigenvalue weighted by molar-refractivity contribution is -0.142. The molecule has 0 aliphatic heterocycles. The van der Waals surface area contributed by atoms with E-state index in [0.717, 1.165) is 35.7 Å². The van der Waals surface area contributed by atoms with Gasteiger partial charge in [0, 0.05) is 22.1 Å². The van der Waals surface area contributed by atoms with E-state index < -0.39 is 6.04 Å². The molecule has 2 aromatic carbocycles. The van der Waals surface area contributed by atoms with Crippen molar-refractivity contribution in [2.24, 2.45) is 0 Å². The molecular formula is C24H27BrCl2N2O3. The van der Waals surface area contributed by atoms with Crippen molar-refractivity contribution in [3.63, 3.8) is 0 Å². The van der Waals surface area contributed by atoms with Gasteiger partial charge in [0.25, 0.3) is 5.91 Å². The Hall–Kier alpha value is -1.76. The molecule has 5 nitrogen and oxygen atoms in total. The van der Waals surface area contributed by atoms with Crippen molar-refractivity contribution in [1.82, 2.24) is 10.2 Å². The minimum absolute atomic E-state index is 0.158. The molecule has 32 heavy (non-hydrogen) atoms. The molecule has 1 saturated carbocycles. The molecule has 0 saturated heterocycles. The first-order valence-electron chi connectivity index (χ1n) is 10.8. The minimum Gasteiger partial charge on any atom is -0.482 e. The van der Waals surface area contributed by atoms with Crippen LogP contribution in [0.25, 0.3) is 0 Å². The van der Waals surface area contributed by atoms with Crippen LogP contribution in [0.2, 0.25) is 10.0 Å². The highest BCUT2D eigenvalue weighted by Gasteiger charge is 2.28. The number of carbonyl (C=O) groups is 2. The molecule has 1 fully saturated rings. The smallest absolute Gasteiger partial charge is 0.261 e. The topological polar surface area (TPSA) is 58.6 Å². The fourth-order valence-corrected chi connectivity index (χ4v) is 4.74. The summed E-state index contributed by atoms with van der Waals surface area (Å²) in [5.74, 6) is -0.0607. The summed E-state index contributed by atoms with van der Waals surface area (Å²) in [5.41, 5.74) is 0.838. The number of hydrogen-bond acceptors (Lipinski definition) is 3. The number of benzene rings is 2. The fraction of sp³-hybridized carbons (Fsp3) is 0.417. The lowest BCUT2D eigenvalue weighted by Gasteiger charge is -2.31. The van der Waals surface area contributed by atoms with Crippen molar-refractivity contribution in [3.05, 3.63) is 62.5 Å². The zero-order valence-corrected chi connectivity index (χ0v) is 21.0. The Kier molecular flexibility index (Phi) is 9.26. The Balaban J connectivity index is 1.72. The first-order chi connectivity index (χ1) is 15.3. The average Bonchev–Trinajstić information content (AvgIpc) is 2.77. The third kappa shape index (κ3) is 7.12. The number of halogens is 3. The van der Waals surface area contributed by atoms with E-state index in [9.17, 15) is 9.59 Å². The molecule has 1 aliphatic rings. The normalized spacial score (nSPS) is 15.1. The van der Waals surface area contributed by atoms with Gasteiger partial charge in [0.1, 0.15) is 11.8 Å². The monoisotopic (exact) mass is 540 g/mol. The van der Waals surface area contributed by atoms with E-state index in [1.165, 1.54) is 11.3 Å². The van der Waals surface area contributed by atoms with Crippen LogP contribution in [0.5, 0.6) is 5.75 Å². The van der Waals surface area contributed by atoms with Crippen LogP contribution in [0.3, 0.4) is 0 Å². The van der Waals surface area contributed by atoms with Crippen LogP contribution in [-0.2, 0) is 16.1 Å². The summed E-state index contributed by atoms with van der Waals surface area (Å²) in [6.07, 6.45) is 5.40. The highest BCUT2D eigenvalue weighted by Crippen LogP contribution is 2.28. The van der Waals surface area contributed by atoms with Crippen LogP contribution in [0.4, 0.5) is 0 Å². The molecule has 0 radical (unpaired) electrons. The summed E-state index contributed by atoms with van der Waals surface area (Å²) in [7, 11) is 0. The van der Waals surface area contributed by atoms with Crippen molar-refractivity contribution >= 4 is 50.9 Å². The van der Waals surface area contributed by atoms with E-state index in [0.29, 0.717) is 15.8 Å². The van der Waals surface area contributed by atoms with E-state index in [4.69, 9.17) is 27.9 Å². The summed E-state index contributed by atoms with van der Waals surface area (Å²) in [6.45, 7) is 1.76. The van der Waals surface area contributed by atoms with E-state index >= 15 is 0 Å². The van der Waals surface area contributed by atoms with Gasteiger partial charge in [-0.25, -0.2) is 0 Å². The molecule has 2 amide bonds. The molecule has 172 valence electrons. The number of amides is 2. The van der Waals surface area contributed by atoms with Gasteiger partial charge in [0.2, 0.25) is 5.91 Å². The highest BCUT2D eigenvalue weighted by molar-refractivity contribution is 9.10. The lowest BCUT2D eigenvalue weighted by Crippen LogP contribution is -2.51. The third-order valence-corrected chi connectivity index (χ3v) is 6.63. The number of rotatable bonds is 8. The van der Waals surface area contributed by atoms with Crippen LogP contribution < -0.4 is 10.1 Å². The summed E-state index contributed by atoms with van der Waals surface area (Å²) in [4.78, 5) is 27.7. The van der Waals surface area contributed by atoms with Gasteiger partial charge < -0.3 is 15.0 Å². The predicted molar refractivity (Wildman–Crippen MR) is 131 cm³/mol. The van der Waals surface area contributed by atoms with Gasteiger partial charge in [0.05, 0.1) is 5.02 Å². The first-order valence-corrected chi connectivity index (χ1v) is 12.3. The van der Waals surface area contributed by atoms with E-state index in [2.05, 4.69) is 21.2 Å². The van der Waals surface area contributed by atoms with Gasteiger partial charge in [-0.1, -0.05) is 70.5 Å². The minimum atomic E-state index is -0.660. The zero-order chi connectivity index (χ0) is 23.1. The largest absolute Gasteiger partial charge is 0.482 e. The summed E-state index contributed by atoms with van der Waals surface area (Å²) in [6, 6.07) is 12.0. The molecular weight excluding hydrogens is 515 g/mol. The first kappa shape index (κ1) is 24.9. The molecule has 1 atom stereocenters.